The average Bonchev–Trinajstić information content (AvgIpc) is 3.40. The van der Waals surface area contributed by atoms with Gasteiger partial charge in [-0.25, -0.2) is 0 Å². The van der Waals surface area contributed by atoms with Gasteiger partial charge in [0.2, 0.25) is 0 Å². The summed E-state index contributed by atoms with van der Waals surface area (Å²) in [5.74, 6) is 0.864. The lowest BCUT2D eigenvalue weighted by Gasteiger charge is -2.19. The molecule has 0 saturated heterocycles. The van der Waals surface area contributed by atoms with Crippen molar-refractivity contribution < 1.29 is 9.53 Å². The molecule has 0 spiro atoms. The molecule has 3 heteroatoms. The maximum absolute atomic E-state index is 12.5. The highest BCUT2D eigenvalue weighted by Crippen LogP contribution is 2.47. The first-order valence-corrected chi connectivity index (χ1v) is 8.87. The van der Waals surface area contributed by atoms with E-state index >= 15 is 0 Å². The van der Waals surface area contributed by atoms with Gasteiger partial charge in [0, 0.05) is 17.5 Å². The van der Waals surface area contributed by atoms with Gasteiger partial charge in [0.1, 0.15) is 5.75 Å². The Morgan fingerprint density at radius 2 is 1.64 bits per heavy atom. The first-order valence-electron chi connectivity index (χ1n) is 8.87. The second kappa shape index (κ2) is 6.55. The van der Waals surface area contributed by atoms with Crippen molar-refractivity contribution in [1.82, 2.24) is 5.32 Å². The molecule has 0 bridgehead atoms. The summed E-state index contributed by atoms with van der Waals surface area (Å²) in [6.45, 7) is 7.20. The predicted molar refractivity (Wildman–Crippen MR) is 101 cm³/mol. The van der Waals surface area contributed by atoms with Crippen LogP contribution in [0.4, 0.5) is 0 Å². The standard InChI is InChI=1S/C22H27NO2/c1-21(2,3)17-7-5-16(6-8-17)20(24)23-15-22(13-14-22)18-9-11-19(25-4)12-10-18/h5-12H,13-15H2,1-4H3,(H,23,24). The SMILES string of the molecule is COc1ccc(C2(CNC(=O)c3ccc(C(C)(C)C)cc3)CC2)cc1. The van der Waals surface area contributed by atoms with Gasteiger partial charge in [-0.2, -0.15) is 0 Å². The summed E-state index contributed by atoms with van der Waals surface area (Å²) in [6, 6.07) is 16.1. The van der Waals surface area contributed by atoms with Crippen LogP contribution in [-0.4, -0.2) is 19.6 Å². The molecule has 1 N–H and O–H groups in total. The molecular formula is C22H27NO2. The van der Waals surface area contributed by atoms with Crippen LogP contribution in [0, 0.1) is 0 Å². The van der Waals surface area contributed by atoms with E-state index in [2.05, 4.69) is 38.2 Å². The minimum absolute atomic E-state index is 0.000228. The van der Waals surface area contributed by atoms with Crippen LogP contribution in [0.5, 0.6) is 5.75 Å². The van der Waals surface area contributed by atoms with Crippen LogP contribution in [-0.2, 0) is 10.8 Å². The number of carbonyl (C=O) groups excluding carboxylic acids is 1. The fourth-order valence-electron chi connectivity index (χ4n) is 3.14. The van der Waals surface area contributed by atoms with Gasteiger partial charge in [0.05, 0.1) is 7.11 Å². The molecule has 0 unspecified atom stereocenters. The van der Waals surface area contributed by atoms with E-state index in [4.69, 9.17) is 4.74 Å². The third-order valence-electron chi connectivity index (χ3n) is 5.16. The molecular weight excluding hydrogens is 310 g/mol. The summed E-state index contributed by atoms with van der Waals surface area (Å²) in [6.07, 6.45) is 2.23. The van der Waals surface area contributed by atoms with Gasteiger partial charge < -0.3 is 10.1 Å². The van der Waals surface area contributed by atoms with Crippen LogP contribution >= 0.6 is 0 Å². The number of hydrogen-bond donors (Lipinski definition) is 1. The fourth-order valence-corrected chi connectivity index (χ4v) is 3.14. The van der Waals surface area contributed by atoms with Crippen molar-refractivity contribution in [3.63, 3.8) is 0 Å². The number of rotatable bonds is 5. The van der Waals surface area contributed by atoms with E-state index in [0.29, 0.717) is 6.54 Å². The topological polar surface area (TPSA) is 38.3 Å². The number of hydrogen-bond acceptors (Lipinski definition) is 2. The molecule has 1 fully saturated rings. The predicted octanol–water partition coefficient (Wildman–Crippen LogP) is 4.45. The van der Waals surface area contributed by atoms with Crippen LogP contribution in [0.1, 0.15) is 55.1 Å². The largest absolute Gasteiger partial charge is 0.497 e. The van der Waals surface area contributed by atoms with Gasteiger partial charge >= 0.3 is 0 Å². The van der Waals surface area contributed by atoms with Crippen LogP contribution < -0.4 is 10.1 Å². The van der Waals surface area contributed by atoms with E-state index in [1.807, 2.05) is 36.4 Å². The quantitative estimate of drug-likeness (QED) is 0.875. The Morgan fingerprint density at radius 1 is 1.04 bits per heavy atom. The summed E-state index contributed by atoms with van der Waals surface area (Å²) < 4.78 is 5.22. The van der Waals surface area contributed by atoms with E-state index in [9.17, 15) is 4.79 Å². The maximum atomic E-state index is 12.5. The lowest BCUT2D eigenvalue weighted by molar-refractivity contribution is 0.0949. The zero-order chi connectivity index (χ0) is 18.1. The second-order valence-electron chi connectivity index (χ2n) is 8.02. The molecule has 1 aliphatic rings. The number of nitrogens with one attached hydrogen (secondary N) is 1. The Labute approximate surface area is 150 Å². The molecule has 0 aromatic heterocycles. The minimum atomic E-state index is 0.000228. The van der Waals surface area contributed by atoms with Crippen LogP contribution in [0.15, 0.2) is 48.5 Å². The number of benzene rings is 2. The first-order chi connectivity index (χ1) is 11.8. The smallest absolute Gasteiger partial charge is 0.251 e. The molecule has 2 aromatic carbocycles. The van der Waals surface area contributed by atoms with Crippen molar-refractivity contribution in [1.29, 1.82) is 0 Å². The summed E-state index contributed by atoms with van der Waals surface area (Å²) >= 11 is 0. The van der Waals surface area contributed by atoms with Crippen molar-refractivity contribution in [2.75, 3.05) is 13.7 Å². The molecule has 0 radical (unpaired) electrons. The number of ether oxygens (including phenoxy) is 1. The molecule has 0 aliphatic heterocycles. The summed E-state index contributed by atoms with van der Waals surface area (Å²) in [7, 11) is 1.67. The molecule has 1 saturated carbocycles. The van der Waals surface area contributed by atoms with E-state index in [1.165, 1.54) is 11.1 Å². The average molecular weight is 337 g/mol. The normalized spacial score (nSPS) is 15.5. The highest BCUT2D eigenvalue weighted by atomic mass is 16.5. The van der Waals surface area contributed by atoms with Crippen molar-refractivity contribution in [2.45, 2.75) is 44.4 Å². The van der Waals surface area contributed by atoms with E-state index < -0.39 is 0 Å². The van der Waals surface area contributed by atoms with Gasteiger partial charge in [0.15, 0.2) is 0 Å². The highest BCUT2D eigenvalue weighted by Gasteiger charge is 2.44. The van der Waals surface area contributed by atoms with Gasteiger partial charge in [-0.05, 0) is 53.6 Å². The van der Waals surface area contributed by atoms with E-state index in [1.54, 1.807) is 7.11 Å². The van der Waals surface area contributed by atoms with E-state index in [0.717, 1.165) is 24.2 Å². The fraction of sp³-hybridized carbons (Fsp3) is 0.409. The lowest BCUT2D eigenvalue weighted by atomic mass is 9.86. The Balaban J connectivity index is 1.63. The third-order valence-corrected chi connectivity index (χ3v) is 5.16. The highest BCUT2D eigenvalue weighted by molar-refractivity contribution is 5.94. The van der Waals surface area contributed by atoms with Crippen molar-refractivity contribution >= 4 is 5.91 Å². The van der Waals surface area contributed by atoms with Gasteiger partial charge in [0.25, 0.3) is 5.91 Å². The van der Waals surface area contributed by atoms with Crippen LogP contribution in [0.2, 0.25) is 0 Å². The second-order valence-corrected chi connectivity index (χ2v) is 8.02. The lowest BCUT2D eigenvalue weighted by Crippen LogP contribution is -2.32. The molecule has 1 aliphatic carbocycles. The maximum Gasteiger partial charge on any atom is 0.251 e. The molecule has 0 heterocycles. The molecule has 0 atom stereocenters. The summed E-state index contributed by atoms with van der Waals surface area (Å²) in [4.78, 5) is 12.5. The minimum Gasteiger partial charge on any atom is -0.497 e. The zero-order valence-corrected chi connectivity index (χ0v) is 15.6. The first kappa shape index (κ1) is 17.5. The van der Waals surface area contributed by atoms with Crippen molar-refractivity contribution in [3.8, 4) is 5.75 Å². The Hall–Kier alpha value is -2.29. The van der Waals surface area contributed by atoms with Gasteiger partial charge in [-0.3, -0.25) is 4.79 Å². The Kier molecular flexibility index (Phi) is 4.59. The van der Waals surface area contributed by atoms with Crippen LogP contribution in [0.25, 0.3) is 0 Å². The summed E-state index contributed by atoms with van der Waals surface area (Å²) in [5, 5.41) is 3.12. The van der Waals surface area contributed by atoms with Gasteiger partial charge in [-0.15, -0.1) is 0 Å². The van der Waals surface area contributed by atoms with Crippen LogP contribution in [0.3, 0.4) is 0 Å². The van der Waals surface area contributed by atoms with Crippen molar-refractivity contribution in [3.05, 3.63) is 65.2 Å². The summed E-state index contributed by atoms with van der Waals surface area (Å²) in [5.41, 5.74) is 3.42. The Morgan fingerprint density at radius 3 is 2.12 bits per heavy atom. The zero-order valence-electron chi connectivity index (χ0n) is 15.6. The molecule has 2 aromatic rings. The number of carbonyl (C=O) groups is 1. The molecule has 25 heavy (non-hydrogen) atoms. The van der Waals surface area contributed by atoms with E-state index in [-0.39, 0.29) is 16.7 Å². The number of amides is 1. The molecule has 1 amide bonds. The number of methoxy groups -OCH3 is 1. The van der Waals surface area contributed by atoms with Gasteiger partial charge in [-0.1, -0.05) is 45.0 Å². The molecule has 3 nitrogen and oxygen atoms in total. The van der Waals surface area contributed by atoms with Crippen molar-refractivity contribution in [2.24, 2.45) is 0 Å². The third kappa shape index (κ3) is 3.87. The monoisotopic (exact) mass is 337 g/mol. The molecule has 3 rings (SSSR count). The Bertz CT molecular complexity index is 735. The molecule has 132 valence electrons.